The number of anilines is 1. The van der Waals surface area contributed by atoms with Crippen molar-refractivity contribution in [2.45, 2.75) is 17.7 Å². The topological polar surface area (TPSA) is 54.9 Å². The van der Waals surface area contributed by atoms with E-state index in [1.165, 1.54) is 35.0 Å². The van der Waals surface area contributed by atoms with Crippen molar-refractivity contribution < 1.29 is 4.79 Å². The second-order valence-corrected chi connectivity index (χ2v) is 5.46. The second-order valence-electron chi connectivity index (χ2n) is 4.32. The Bertz CT molecular complexity index is 601. The zero-order valence-electron chi connectivity index (χ0n) is 10.3. The zero-order valence-corrected chi connectivity index (χ0v) is 11.1. The van der Waals surface area contributed by atoms with Crippen molar-refractivity contribution >= 4 is 23.4 Å². The van der Waals surface area contributed by atoms with E-state index in [-0.39, 0.29) is 5.91 Å². The van der Waals surface area contributed by atoms with E-state index in [2.05, 4.69) is 27.4 Å². The summed E-state index contributed by atoms with van der Waals surface area (Å²) in [6, 6.07) is 6.06. The Morgan fingerprint density at radius 3 is 3.11 bits per heavy atom. The molecule has 0 unspecified atom stereocenters. The minimum atomic E-state index is -0.225. The van der Waals surface area contributed by atoms with Gasteiger partial charge < -0.3 is 5.32 Å². The van der Waals surface area contributed by atoms with Gasteiger partial charge in [0, 0.05) is 23.0 Å². The van der Waals surface area contributed by atoms with Gasteiger partial charge in [-0.1, -0.05) is 0 Å². The molecule has 5 heteroatoms. The quantitative estimate of drug-likeness (QED) is 0.912. The Morgan fingerprint density at radius 2 is 2.26 bits per heavy atom. The van der Waals surface area contributed by atoms with Gasteiger partial charge in [-0.2, -0.15) is 0 Å². The SMILES string of the molecule is O=C(Nc1ccc2c(c1)CCCS2)c1cnccn1. The number of aromatic nitrogens is 2. The molecule has 1 aliphatic heterocycles. The smallest absolute Gasteiger partial charge is 0.275 e. The van der Waals surface area contributed by atoms with Gasteiger partial charge in [0.15, 0.2) is 0 Å². The van der Waals surface area contributed by atoms with Crippen LogP contribution in [0.3, 0.4) is 0 Å². The van der Waals surface area contributed by atoms with Crippen LogP contribution in [-0.4, -0.2) is 21.6 Å². The molecule has 0 atom stereocenters. The predicted octanol–water partition coefficient (Wildman–Crippen LogP) is 2.77. The number of aryl methyl sites for hydroxylation is 1. The van der Waals surface area contributed by atoms with Crippen LogP contribution in [0, 0.1) is 0 Å². The number of amides is 1. The molecule has 0 radical (unpaired) electrons. The third-order valence-electron chi connectivity index (χ3n) is 2.96. The summed E-state index contributed by atoms with van der Waals surface area (Å²) in [6.45, 7) is 0. The third kappa shape index (κ3) is 2.76. The Kier molecular flexibility index (Phi) is 3.46. The molecule has 0 aliphatic carbocycles. The molecule has 0 bridgehead atoms. The maximum absolute atomic E-state index is 12.0. The van der Waals surface area contributed by atoms with Gasteiger partial charge in [-0.3, -0.25) is 9.78 Å². The van der Waals surface area contributed by atoms with E-state index >= 15 is 0 Å². The molecular weight excluding hydrogens is 258 g/mol. The summed E-state index contributed by atoms with van der Waals surface area (Å²) in [5, 5.41) is 2.86. The Morgan fingerprint density at radius 1 is 1.32 bits per heavy atom. The number of nitrogens with zero attached hydrogens (tertiary/aromatic N) is 2. The zero-order chi connectivity index (χ0) is 13.1. The van der Waals surface area contributed by atoms with Crippen molar-refractivity contribution in [2.24, 2.45) is 0 Å². The van der Waals surface area contributed by atoms with Crippen LogP contribution < -0.4 is 5.32 Å². The average Bonchev–Trinajstić information content (AvgIpc) is 2.48. The molecule has 19 heavy (non-hydrogen) atoms. The minimum Gasteiger partial charge on any atom is -0.321 e. The van der Waals surface area contributed by atoms with E-state index in [1.807, 2.05) is 17.8 Å². The summed E-state index contributed by atoms with van der Waals surface area (Å²) in [5.74, 6) is 0.953. The molecule has 3 rings (SSSR count). The lowest BCUT2D eigenvalue weighted by molar-refractivity contribution is 0.102. The monoisotopic (exact) mass is 271 g/mol. The Balaban J connectivity index is 1.78. The highest BCUT2D eigenvalue weighted by molar-refractivity contribution is 7.99. The predicted molar refractivity (Wildman–Crippen MR) is 75.5 cm³/mol. The van der Waals surface area contributed by atoms with Crippen LogP contribution in [0.25, 0.3) is 0 Å². The summed E-state index contributed by atoms with van der Waals surface area (Å²) in [7, 11) is 0. The highest BCUT2D eigenvalue weighted by Gasteiger charge is 2.12. The van der Waals surface area contributed by atoms with Gasteiger partial charge >= 0.3 is 0 Å². The van der Waals surface area contributed by atoms with Crippen LogP contribution >= 0.6 is 11.8 Å². The average molecular weight is 271 g/mol. The maximum Gasteiger partial charge on any atom is 0.275 e. The lowest BCUT2D eigenvalue weighted by Gasteiger charge is -2.16. The second kappa shape index (κ2) is 5.40. The number of carbonyl (C=O) groups is 1. The van der Waals surface area contributed by atoms with Gasteiger partial charge in [0.2, 0.25) is 0 Å². The van der Waals surface area contributed by atoms with E-state index in [1.54, 1.807) is 6.20 Å². The van der Waals surface area contributed by atoms with Crippen LogP contribution in [0.2, 0.25) is 0 Å². The summed E-state index contributed by atoms with van der Waals surface area (Å²) in [4.78, 5) is 21.2. The molecule has 1 amide bonds. The maximum atomic E-state index is 12.0. The number of thioether (sulfide) groups is 1. The summed E-state index contributed by atoms with van der Waals surface area (Å²) < 4.78 is 0. The molecule has 0 fully saturated rings. The van der Waals surface area contributed by atoms with Crippen LogP contribution in [0.5, 0.6) is 0 Å². The van der Waals surface area contributed by atoms with Crippen LogP contribution in [0.15, 0.2) is 41.7 Å². The van der Waals surface area contributed by atoms with E-state index in [4.69, 9.17) is 0 Å². The molecule has 2 aromatic rings. The highest BCUT2D eigenvalue weighted by atomic mass is 32.2. The van der Waals surface area contributed by atoms with E-state index in [9.17, 15) is 4.79 Å². The lowest BCUT2D eigenvalue weighted by Crippen LogP contribution is -2.14. The fraction of sp³-hybridized carbons (Fsp3) is 0.214. The first-order chi connectivity index (χ1) is 9.33. The van der Waals surface area contributed by atoms with Crippen molar-refractivity contribution in [3.63, 3.8) is 0 Å². The lowest BCUT2D eigenvalue weighted by atomic mass is 10.1. The molecule has 96 valence electrons. The molecule has 0 saturated heterocycles. The number of hydrogen-bond acceptors (Lipinski definition) is 4. The fourth-order valence-corrected chi connectivity index (χ4v) is 3.07. The first kappa shape index (κ1) is 12.2. The van der Waals surface area contributed by atoms with Gasteiger partial charge in [0.25, 0.3) is 5.91 Å². The summed E-state index contributed by atoms with van der Waals surface area (Å²) in [6.07, 6.45) is 6.80. The van der Waals surface area contributed by atoms with Gasteiger partial charge in [0.1, 0.15) is 5.69 Å². The standard InChI is InChI=1S/C14H13N3OS/c18-14(12-9-15-5-6-16-12)17-11-3-4-13-10(8-11)2-1-7-19-13/h3-6,8-9H,1-2,7H2,(H,17,18). The molecule has 2 heterocycles. The van der Waals surface area contributed by atoms with E-state index in [0.29, 0.717) is 5.69 Å². The molecular formula is C14H13N3OS. The van der Waals surface area contributed by atoms with Gasteiger partial charge in [0.05, 0.1) is 6.20 Å². The molecule has 1 aliphatic rings. The van der Waals surface area contributed by atoms with Gasteiger partial charge in [-0.25, -0.2) is 4.98 Å². The highest BCUT2D eigenvalue weighted by Crippen LogP contribution is 2.31. The normalized spacial score (nSPS) is 13.7. The molecule has 0 spiro atoms. The van der Waals surface area contributed by atoms with Crippen LogP contribution in [0.1, 0.15) is 22.5 Å². The van der Waals surface area contributed by atoms with Crippen molar-refractivity contribution in [3.05, 3.63) is 48.0 Å². The minimum absolute atomic E-state index is 0.225. The van der Waals surface area contributed by atoms with Crippen molar-refractivity contribution in [3.8, 4) is 0 Å². The number of benzene rings is 1. The van der Waals surface area contributed by atoms with Crippen molar-refractivity contribution in [1.29, 1.82) is 0 Å². The Hall–Kier alpha value is -1.88. The number of nitrogens with one attached hydrogen (secondary N) is 1. The molecule has 1 aromatic carbocycles. The largest absolute Gasteiger partial charge is 0.321 e. The first-order valence-corrected chi connectivity index (χ1v) is 7.14. The number of fused-ring (bicyclic) bond motifs is 1. The van der Waals surface area contributed by atoms with Gasteiger partial charge in [-0.05, 0) is 42.4 Å². The summed E-state index contributed by atoms with van der Waals surface area (Å²) >= 11 is 1.88. The van der Waals surface area contributed by atoms with E-state index < -0.39 is 0 Å². The number of rotatable bonds is 2. The van der Waals surface area contributed by atoms with Crippen molar-refractivity contribution in [1.82, 2.24) is 9.97 Å². The molecule has 1 N–H and O–H groups in total. The first-order valence-electron chi connectivity index (χ1n) is 6.16. The van der Waals surface area contributed by atoms with Crippen LogP contribution in [-0.2, 0) is 6.42 Å². The third-order valence-corrected chi connectivity index (χ3v) is 4.16. The number of hydrogen-bond donors (Lipinski definition) is 1. The fourth-order valence-electron chi connectivity index (χ4n) is 2.05. The number of carbonyl (C=O) groups excluding carboxylic acids is 1. The van der Waals surface area contributed by atoms with Crippen LogP contribution in [0.4, 0.5) is 5.69 Å². The molecule has 4 nitrogen and oxygen atoms in total. The van der Waals surface area contributed by atoms with Crippen molar-refractivity contribution in [2.75, 3.05) is 11.1 Å². The molecule has 0 saturated carbocycles. The van der Waals surface area contributed by atoms with E-state index in [0.717, 1.165) is 12.1 Å². The Labute approximate surface area is 115 Å². The van der Waals surface area contributed by atoms with Gasteiger partial charge in [-0.15, -0.1) is 11.8 Å². The molecule has 1 aromatic heterocycles. The summed E-state index contributed by atoms with van der Waals surface area (Å²) in [5.41, 5.74) is 2.46.